The van der Waals surface area contributed by atoms with Gasteiger partial charge in [0.1, 0.15) is 6.26 Å². The summed E-state index contributed by atoms with van der Waals surface area (Å²) in [5, 5.41) is 0.737. The predicted molar refractivity (Wildman–Crippen MR) is 63.5 cm³/mol. The van der Waals surface area contributed by atoms with Crippen molar-refractivity contribution >= 4 is 11.6 Å². The van der Waals surface area contributed by atoms with Crippen LogP contribution < -0.4 is 5.73 Å². The lowest BCUT2D eigenvalue weighted by atomic mass is 10.1. The van der Waals surface area contributed by atoms with Crippen molar-refractivity contribution in [1.82, 2.24) is 4.98 Å². The van der Waals surface area contributed by atoms with E-state index in [2.05, 4.69) is 4.98 Å². The van der Waals surface area contributed by atoms with Crippen molar-refractivity contribution in [1.29, 1.82) is 0 Å². The van der Waals surface area contributed by atoms with Crippen LogP contribution >= 0.6 is 11.6 Å². The number of nitrogens with zero attached hydrogens (tertiary/aromatic N) is 1. The van der Waals surface area contributed by atoms with Gasteiger partial charge in [-0.15, -0.1) is 0 Å². The van der Waals surface area contributed by atoms with Gasteiger partial charge in [-0.3, -0.25) is 0 Å². The van der Waals surface area contributed by atoms with Crippen molar-refractivity contribution in [3.63, 3.8) is 0 Å². The predicted octanol–water partition coefficient (Wildman–Crippen LogP) is 2.42. The fourth-order valence-electron chi connectivity index (χ4n) is 1.50. The van der Waals surface area contributed by atoms with E-state index in [0.717, 1.165) is 22.7 Å². The zero-order valence-corrected chi connectivity index (χ0v) is 9.57. The molecule has 0 fully saturated rings. The molecule has 2 N–H and O–H groups in total. The quantitative estimate of drug-likeness (QED) is 0.887. The van der Waals surface area contributed by atoms with Crippen molar-refractivity contribution < 1.29 is 4.42 Å². The number of hydrogen-bond donors (Lipinski definition) is 1. The first-order valence-corrected chi connectivity index (χ1v) is 5.54. The molecule has 0 spiro atoms. The standard InChI is InChI=1S/C12H13ClN2O/c13-11-4-2-1-3-9(11)7-12-15-10(5-6-14)8-16-12/h1-4,8H,5-7,14H2. The van der Waals surface area contributed by atoms with E-state index >= 15 is 0 Å². The third-order valence-corrected chi connectivity index (χ3v) is 2.67. The Morgan fingerprint density at radius 1 is 1.31 bits per heavy atom. The summed E-state index contributed by atoms with van der Waals surface area (Å²) in [4.78, 5) is 4.33. The van der Waals surface area contributed by atoms with Crippen molar-refractivity contribution in [2.45, 2.75) is 12.8 Å². The van der Waals surface area contributed by atoms with E-state index in [1.807, 2.05) is 24.3 Å². The highest BCUT2D eigenvalue weighted by atomic mass is 35.5. The summed E-state index contributed by atoms with van der Waals surface area (Å²) >= 11 is 6.05. The Hall–Kier alpha value is -1.32. The second kappa shape index (κ2) is 5.14. The van der Waals surface area contributed by atoms with Gasteiger partial charge in [0, 0.05) is 11.4 Å². The Balaban J connectivity index is 2.11. The molecule has 0 aliphatic rings. The van der Waals surface area contributed by atoms with Crippen molar-refractivity contribution in [3.05, 3.63) is 52.7 Å². The Bertz CT molecular complexity index is 468. The number of rotatable bonds is 4. The topological polar surface area (TPSA) is 52.0 Å². The highest BCUT2D eigenvalue weighted by molar-refractivity contribution is 6.31. The average Bonchev–Trinajstić information content (AvgIpc) is 2.70. The van der Waals surface area contributed by atoms with Gasteiger partial charge in [0.25, 0.3) is 0 Å². The maximum absolute atomic E-state index is 6.05. The third kappa shape index (κ3) is 2.62. The molecule has 3 nitrogen and oxygen atoms in total. The summed E-state index contributed by atoms with van der Waals surface area (Å²) in [7, 11) is 0. The van der Waals surface area contributed by atoms with E-state index < -0.39 is 0 Å². The van der Waals surface area contributed by atoms with Crippen molar-refractivity contribution in [3.8, 4) is 0 Å². The van der Waals surface area contributed by atoms with Crippen LogP contribution in [0, 0.1) is 0 Å². The Morgan fingerprint density at radius 2 is 2.12 bits per heavy atom. The van der Waals surface area contributed by atoms with E-state index in [9.17, 15) is 0 Å². The Labute approximate surface area is 99.2 Å². The van der Waals surface area contributed by atoms with Gasteiger partial charge in [0.15, 0.2) is 5.89 Å². The molecule has 0 saturated heterocycles. The first-order chi connectivity index (χ1) is 7.79. The van der Waals surface area contributed by atoms with Gasteiger partial charge in [-0.1, -0.05) is 29.8 Å². The van der Waals surface area contributed by atoms with Gasteiger partial charge >= 0.3 is 0 Å². The van der Waals surface area contributed by atoms with Gasteiger partial charge in [-0.2, -0.15) is 0 Å². The monoisotopic (exact) mass is 236 g/mol. The molecule has 0 unspecified atom stereocenters. The lowest BCUT2D eigenvalue weighted by Crippen LogP contribution is -2.02. The number of hydrogen-bond acceptors (Lipinski definition) is 3. The van der Waals surface area contributed by atoms with Gasteiger partial charge in [0.2, 0.25) is 0 Å². The summed E-state index contributed by atoms with van der Waals surface area (Å²) in [6.45, 7) is 0.581. The third-order valence-electron chi connectivity index (χ3n) is 2.30. The molecule has 84 valence electrons. The van der Waals surface area contributed by atoms with E-state index in [1.165, 1.54) is 0 Å². The molecule has 1 aromatic carbocycles. The highest BCUT2D eigenvalue weighted by Gasteiger charge is 2.06. The Kier molecular flexibility index (Phi) is 3.59. The van der Waals surface area contributed by atoms with E-state index in [4.69, 9.17) is 21.8 Å². The maximum atomic E-state index is 6.05. The fraction of sp³-hybridized carbons (Fsp3) is 0.250. The second-order valence-corrected chi connectivity index (χ2v) is 3.95. The first kappa shape index (κ1) is 11.2. The van der Waals surface area contributed by atoms with Crippen LogP contribution in [0.2, 0.25) is 5.02 Å². The lowest BCUT2D eigenvalue weighted by Gasteiger charge is -1.99. The number of halogens is 1. The van der Waals surface area contributed by atoms with E-state index in [-0.39, 0.29) is 0 Å². The summed E-state index contributed by atoms with van der Waals surface area (Å²) in [5.41, 5.74) is 7.36. The zero-order valence-electron chi connectivity index (χ0n) is 8.82. The molecule has 16 heavy (non-hydrogen) atoms. The SMILES string of the molecule is NCCc1coc(Cc2ccccc2Cl)n1. The summed E-state index contributed by atoms with van der Waals surface area (Å²) in [6, 6.07) is 7.68. The number of benzene rings is 1. The maximum Gasteiger partial charge on any atom is 0.198 e. The number of oxazole rings is 1. The molecule has 2 rings (SSSR count). The van der Waals surface area contributed by atoms with Crippen LogP contribution in [0.25, 0.3) is 0 Å². The van der Waals surface area contributed by atoms with Crippen molar-refractivity contribution in [2.24, 2.45) is 5.73 Å². The largest absolute Gasteiger partial charge is 0.448 e. The molecule has 2 aromatic rings. The van der Waals surface area contributed by atoms with Gasteiger partial charge in [-0.25, -0.2) is 4.98 Å². The van der Waals surface area contributed by atoms with E-state index in [0.29, 0.717) is 18.9 Å². The summed E-state index contributed by atoms with van der Waals surface area (Å²) in [5.74, 6) is 0.677. The molecule has 1 aromatic heterocycles. The molecular weight excluding hydrogens is 224 g/mol. The Morgan fingerprint density at radius 3 is 2.88 bits per heavy atom. The molecule has 0 aliphatic carbocycles. The summed E-state index contributed by atoms with van der Waals surface area (Å²) < 4.78 is 5.35. The van der Waals surface area contributed by atoms with Crippen molar-refractivity contribution in [2.75, 3.05) is 6.54 Å². The minimum atomic E-state index is 0.581. The molecule has 1 heterocycles. The normalized spacial score (nSPS) is 10.6. The van der Waals surface area contributed by atoms with Crippen LogP contribution in [0.15, 0.2) is 34.9 Å². The molecule has 0 amide bonds. The molecule has 0 aliphatic heterocycles. The minimum Gasteiger partial charge on any atom is -0.448 e. The highest BCUT2D eigenvalue weighted by Crippen LogP contribution is 2.18. The van der Waals surface area contributed by atoms with Gasteiger partial charge in [-0.05, 0) is 18.2 Å². The van der Waals surface area contributed by atoms with Crippen LogP contribution in [-0.4, -0.2) is 11.5 Å². The number of nitrogens with two attached hydrogens (primary N) is 1. The molecule has 4 heteroatoms. The first-order valence-electron chi connectivity index (χ1n) is 5.16. The van der Waals surface area contributed by atoms with E-state index in [1.54, 1.807) is 6.26 Å². The van der Waals surface area contributed by atoms with Crippen LogP contribution in [-0.2, 0) is 12.8 Å². The molecule has 0 saturated carbocycles. The molecule has 0 radical (unpaired) electrons. The van der Waals surface area contributed by atoms with Crippen LogP contribution in [0.3, 0.4) is 0 Å². The fourth-order valence-corrected chi connectivity index (χ4v) is 1.70. The van der Waals surface area contributed by atoms with Gasteiger partial charge < -0.3 is 10.2 Å². The minimum absolute atomic E-state index is 0.581. The number of aromatic nitrogens is 1. The molecule has 0 atom stereocenters. The molecule has 0 bridgehead atoms. The zero-order chi connectivity index (χ0) is 11.4. The summed E-state index contributed by atoms with van der Waals surface area (Å²) in [6.07, 6.45) is 3.01. The smallest absolute Gasteiger partial charge is 0.198 e. The van der Waals surface area contributed by atoms with Crippen LogP contribution in [0.4, 0.5) is 0 Å². The second-order valence-electron chi connectivity index (χ2n) is 3.54. The van der Waals surface area contributed by atoms with Gasteiger partial charge in [0.05, 0.1) is 12.1 Å². The average molecular weight is 237 g/mol. The lowest BCUT2D eigenvalue weighted by molar-refractivity contribution is 0.506. The van der Waals surface area contributed by atoms with Crippen LogP contribution in [0.5, 0.6) is 0 Å². The molecular formula is C12H13ClN2O. The van der Waals surface area contributed by atoms with Crippen LogP contribution in [0.1, 0.15) is 17.1 Å².